The Morgan fingerprint density at radius 2 is 1.61 bits per heavy atom. The minimum absolute atomic E-state index is 0.111. The van der Waals surface area contributed by atoms with Crippen molar-refractivity contribution < 1.29 is 13.2 Å². The first kappa shape index (κ1) is 22.4. The van der Waals surface area contributed by atoms with E-state index >= 15 is 0 Å². The van der Waals surface area contributed by atoms with Crippen molar-refractivity contribution in [3.05, 3.63) is 102 Å². The van der Waals surface area contributed by atoms with E-state index in [1.165, 1.54) is 12.1 Å². The highest BCUT2D eigenvalue weighted by Crippen LogP contribution is 2.40. The van der Waals surface area contributed by atoms with Gasteiger partial charge in [0.15, 0.2) is 0 Å². The van der Waals surface area contributed by atoms with Crippen LogP contribution in [0.15, 0.2) is 67.2 Å². The van der Waals surface area contributed by atoms with Gasteiger partial charge in [0.25, 0.3) is 0 Å². The van der Waals surface area contributed by atoms with Crippen molar-refractivity contribution in [2.24, 2.45) is 0 Å². The number of hydrogen-bond donors (Lipinski definition) is 0. The van der Waals surface area contributed by atoms with E-state index in [4.69, 9.17) is 0 Å². The Labute approximate surface area is 181 Å². The van der Waals surface area contributed by atoms with Crippen LogP contribution in [0.5, 0.6) is 0 Å². The zero-order chi connectivity index (χ0) is 22.7. The van der Waals surface area contributed by atoms with Crippen molar-refractivity contribution in [3.63, 3.8) is 0 Å². The first-order chi connectivity index (χ1) is 14.9. The largest absolute Gasteiger partial charge is 0.336 e. The lowest BCUT2D eigenvalue weighted by molar-refractivity contribution is 0.578. The van der Waals surface area contributed by atoms with E-state index in [9.17, 15) is 13.2 Å². The molecule has 0 N–H and O–H groups in total. The number of hydrogen-bond acceptors (Lipinski definition) is 0. The number of rotatable bonds is 4. The van der Waals surface area contributed by atoms with Crippen molar-refractivity contribution in [1.82, 2.24) is 4.57 Å². The molecule has 0 bridgehead atoms. The summed E-state index contributed by atoms with van der Waals surface area (Å²) in [5.74, 6) is -1.33. The first-order valence-corrected chi connectivity index (χ1v) is 10.3. The molecule has 0 spiro atoms. The average molecular weight is 422 g/mol. The van der Waals surface area contributed by atoms with Gasteiger partial charge in [0.2, 0.25) is 0 Å². The van der Waals surface area contributed by atoms with Gasteiger partial charge in [0.05, 0.1) is 12.2 Å². The van der Waals surface area contributed by atoms with E-state index in [-0.39, 0.29) is 17.9 Å². The molecule has 4 aromatic rings. The van der Waals surface area contributed by atoms with Gasteiger partial charge in [-0.2, -0.15) is 0 Å². The van der Waals surface area contributed by atoms with Crippen LogP contribution in [0.4, 0.5) is 13.2 Å². The highest BCUT2D eigenvalue weighted by Gasteiger charge is 2.22. The van der Waals surface area contributed by atoms with Crippen LogP contribution < -0.4 is 0 Å². The van der Waals surface area contributed by atoms with Crippen molar-refractivity contribution in [2.75, 3.05) is 0 Å². The van der Waals surface area contributed by atoms with E-state index < -0.39 is 11.6 Å². The fraction of sp³-hybridized carbons (Fsp3) is 0.185. The van der Waals surface area contributed by atoms with Crippen LogP contribution in [0.1, 0.15) is 37.6 Å². The van der Waals surface area contributed by atoms with Crippen LogP contribution in [0, 0.1) is 24.4 Å². The minimum atomic E-state index is -0.500. The molecule has 0 saturated heterocycles. The second kappa shape index (κ2) is 9.25. The lowest BCUT2D eigenvalue weighted by Gasteiger charge is -2.14. The summed E-state index contributed by atoms with van der Waals surface area (Å²) < 4.78 is 44.8. The molecule has 0 atom stereocenters. The van der Waals surface area contributed by atoms with Crippen LogP contribution >= 0.6 is 0 Å². The van der Waals surface area contributed by atoms with Gasteiger partial charge in [0, 0.05) is 27.6 Å². The summed E-state index contributed by atoms with van der Waals surface area (Å²) in [4.78, 5) is 0. The number of halogens is 3. The van der Waals surface area contributed by atoms with Crippen LogP contribution in [0.2, 0.25) is 0 Å². The molecule has 0 fully saturated rings. The molecular weight excluding hydrogens is 395 g/mol. The summed E-state index contributed by atoms with van der Waals surface area (Å²) in [6, 6.07) is 15.9. The number of benzene rings is 3. The molecule has 0 radical (unpaired) electrons. The van der Waals surface area contributed by atoms with Gasteiger partial charge in [-0.25, -0.2) is 13.2 Å². The third-order valence-corrected chi connectivity index (χ3v) is 5.10. The van der Waals surface area contributed by atoms with Gasteiger partial charge in [-0.3, -0.25) is 0 Å². The zero-order valence-corrected chi connectivity index (χ0v) is 18.3. The molecule has 0 aliphatic heterocycles. The normalized spacial score (nSPS) is 10.7. The Kier molecular flexibility index (Phi) is 6.69. The molecule has 0 amide bonds. The van der Waals surface area contributed by atoms with Gasteiger partial charge in [-0.15, -0.1) is 0 Å². The Bertz CT molecular complexity index is 1250. The SMILES string of the molecule is C=C(C)c1c(-c2ccccc2F)c2cc(C)ccc2n1Cc1cc(F)ccc1F.CC. The Morgan fingerprint density at radius 1 is 0.903 bits per heavy atom. The third kappa shape index (κ3) is 4.29. The van der Waals surface area contributed by atoms with Crippen LogP contribution in [0.25, 0.3) is 27.6 Å². The molecule has 1 nitrogen and oxygen atoms in total. The number of fused-ring (bicyclic) bond motifs is 1. The molecule has 31 heavy (non-hydrogen) atoms. The van der Waals surface area contributed by atoms with Gasteiger partial charge in [0.1, 0.15) is 17.5 Å². The minimum Gasteiger partial charge on any atom is -0.336 e. The average Bonchev–Trinajstić information content (AvgIpc) is 3.06. The Balaban J connectivity index is 0.00000132. The van der Waals surface area contributed by atoms with Crippen molar-refractivity contribution in [1.29, 1.82) is 0 Å². The highest BCUT2D eigenvalue weighted by molar-refractivity contribution is 6.02. The Hall–Kier alpha value is -3.27. The number of allylic oxidation sites excluding steroid dienone is 1. The van der Waals surface area contributed by atoms with Crippen LogP contribution in [-0.4, -0.2) is 4.57 Å². The molecule has 0 aliphatic rings. The van der Waals surface area contributed by atoms with Gasteiger partial charge >= 0.3 is 0 Å². The van der Waals surface area contributed by atoms with E-state index in [0.29, 0.717) is 22.4 Å². The highest BCUT2D eigenvalue weighted by atomic mass is 19.1. The molecule has 1 heterocycles. The number of aromatic nitrogens is 1. The lowest BCUT2D eigenvalue weighted by atomic mass is 9.98. The first-order valence-electron chi connectivity index (χ1n) is 10.3. The standard InChI is InChI=1S/C25H20F3N.C2H6/c1-15(2)25-24(19-6-4-5-7-22(19)28)20-12-16(3)8-11-23(20)29(25)14-17-13-18(26)9-10-21(17)27;1-2/h4-13H,1,14H2,2-3H3;1-2H3. The molecule has 3 aromatic carbocycles. The second-order valence-corrected chi connectivity index (χ2v) is 7.33. The monoisotopic (exact) mass is 421 g/mol. The third-order valence-electron chi connectivity index (χ3n) is 5.10. The van der Waals surface area contributed by atoms with Crippen molar-refractivity contribution in [2.45, 2.75) is 34.2 Å². The molecule has 1 aromatic heterocycles. The smallest absolute Gasteiger partial charge is 0.131 e. The van der Waals surface area contributed by atoms with Gasteiger partial charge < -0.3 is 4.57 Å². The molecule has 0 unspecified atom stereocenters. The van der Waals surface area contributed by atoms with Gasteiger partial charge in [-0.1, -0.05) is 50.3 Å². The van der Waals surface area contributed by atoms with Crippen molar-refractivity contribution >= 4 is 16.5 Å². The summed E-state index contributed by atoms with van der Waals surface area (Å²) in [6.45, 7) is 12.0. The summed E-state index contributed by atoms with van der Waals surface area (Å²) >= 11 is 0. The second-order valence-electron chi connectivity index (χ2n) is 7.33. The van der Waals surface area contributed by atoms with Gasteiger partial charge in [-0.05, 0) is 55.8 Å². The number of nitrogens with zero attached hydrogens (tertiary/aromatic N) is 1. The maximum atomic E-state index is 14.8. The summed E-state index contributed by atoms with van der Waals surface area (Å²) in [6.07, 6.45) is 0. The lowest BCUT2D eigenvalue weighted by Crippen LogP contribution is -2.06. The molecule has 0 saturated carbocycles. The quantitative estimate of drug-likeness (QED) is 0.313. The molecular formula is C27H26F3N. The van der Waals surface area contributed by atoms with E-state index in [1.807, 2.05) is 50.5 Å². The van der Waals surface area contributed by atoms with E-state index in [1.54, 1.807) is 18.2 Å². The van der Waals surface area contributed by atoms with Crippen LogP contribution in [0.3, 0.4) is 0 Å². The molecule has 0 aliphatic carbocycles. The topological polar surface area (TPSA) is 4.93 Å². The van der Waals surface area contributed by atoms with E-state index in [0.717, 1.165) is 28.6 Å². The fourth-order valence-corrected chi connectivity index (χ4v) is 3.85. The van der Waals surface area contributed by atoms with E-state index in [2.05, 4.69) is 6.58 Å². The summed E-state index contributed by atoms with van der Waals surface area (Å²) in [7, 11) is 0. The maximum Gasteiger partial charge on any atom is 0.131 e. The molecule has 4 heteroatoms. The zero-order valence-electron chi connectivity index (χ0n) is 18.3. The molecule has 160 valence electrons. The fourth-order valence-electron chi connectivity index (χ4n) is 3.85. The molecule has 4 rings (SSSR count). The summed E-state index contributed by atoms with van der Waals surface area (Å²) in [5.41, 5.74) is 4.66. The Morgan fingerprint density at radius 3 is 2.29 bits per heavy atom. The van der Waals surface area contributed by atoms with Crippen LogP contribution in [-0.2, 0) is 6.54 Å². The van der Waals surface area contributed by atoms with Crippen molar-refractivity contribution in [3.8, 4) is 11.1 Å². The predicted octanol–water partition coefficient (Wildman–Crippen LogP) is 8.14. The predicted molar refractivity (Wildman–Crippen MR) is 124 cm³/mol. The summed E-state index contributed by atoms with van der Waals surface area (Å²) in [5, 5.41) is 0.852. The number of aryl methyl sites for hydroxylation is 1. The maximum absolute atomic E-state index is 14.8.